The molecular formula is C27H30N6O4S2. The molecule has 0 bridgehead atoms. The van der Waals surface area contributed by atoms with Gasteiger partial charge in [0.15, 0.2) is 32.4 Å². The van der Waals surface area contributed by atoms with Gasteiger partial charge in [-0.2, -0.15) is 5.10 Å². The standard InChI is InChI=1S/C27H30N6O4S2/c1-18-15-23(32-31-18)28-25-24(36-3)26(33-13-14-37-16-19(33)2)30-27(29-25)38-21-9-11-22(12-10-21)39(34,35)17-20-7-5-4-6-8-20/h4-12,15,19H,13-14,16-17H2,1-3H3,(H2,28,29,30,31,32). The number of aromatic nitrogens is 4. The second-order valence-electron chi connectivity index (χ2n) is 9.21. The third kappa shape index (κ3) is 6.35. The lowest BCUT2D eigenvalue weighted by atomic mass is 10.2. The topological polar surface area (TPSA) is 122 Å². The molecule has 4 aromatic rings. The van der Waals surface area contributed by atoms with Gasteiger partial charge in [0.25, 0.3) is 0 Å². The minimum atomic E-state index is -3.47. The van der Waals surface area contributed by atoms with Crippen LogP contribution in [0.2, 0.25) is 0 Å². The van der Waals surface area contributed by atoms with Gasteiger partial charge in [-0.15, -0.1) is 0 Å². The molecule has 2 aromatic heterocycles. The molecule has 1 aliphatic heterocycles. The van der Waals surface area contributed by atoms with Crippen LogP contribution in [0.1, 0.15) is 18.2 Å². The number of benzene rings is 2. The van der Waals surface area contributed by atoms with E-state index in [0.29, 0.717) is 48.1 Å². The Balaban J connectivity index is 1.44. The second kappa shape index (κ2) is 11.6. The average Bonchev–Trinajstić information content (AvgIpc) is 3.33. The third-order valence-electron chi connectivity index (χ3n) is 6.21. The number of aryl methyl sites for hydroxylation is 1. The zero-order chi connectivity index (χ0) is 27.4. The van der Waals surface area contributed by atoms with E-state index in [1.165, 1.54) is 11.8 Å². The minimum absolute atomic E-state index is 0.0509. The summed E-state index contributed by atoms with van der Waals surface area (Å²) in [5.41, 5.74) is 1.66. The molecule has 1 atom stereocenters. The lowest BCUT2D eigenvalue weighted by Gasteiger charge is -2.35. The molecule has 0 spiro atoms. The summed E-state index contributed by atoms with van der Waals surface area (Å²) < 4.78 is 37.3. The highest BCUT2D eigenvalue weighted by Crippen LogP contribution is 2.39. The van der Waals surface area contributed by atoms with E-state index in [2.05, 4.69) is 27.3 Å². The number of morpholine rings is 1. The first-order valence-electron chi connectivity index (χ1n) is 12.5. The Morgan fingerprint density at radius 3 is 2.59 bits per heavy atom. The SMILES string of the molecule is COc1c(Nc2cc(C)[nH]n2)nc(Sc2ccc(S(=O)(=O)Cc3ccccc3)cc2)nc1N1CCOCC1C. The van der Waals surface area contributed by atoms with Crippen molar-refractivity contribution in [2.75, 3.05) is 37.1 Å². The number of ether oxygens (including phenoxy) is 2. The van der Waals surface area contributed by atoms with Gasteiger partial charge in [0, 0.05) is 23.2 Å². The Morgan fingerprint density at radius 1 is 1.15 bits per heavy atom. The predicted molar refractivity (Wildman–Crippen MR) is 151 cm³/mol. The maximum absolute atomic E-state index is 12.9. The van der Waals surface area contributed by atoms with Crippen LogP contribution in [-0.2, 0) is 20.3 Å². The lowest BCUT2D eigenvalue weighted by Crippen LogP contribution is -2.44. The van der Waals surface area contributed by atoms with E-state index in [4.69, 9.17) is 19.4 Å². The monoisotopic (exact) mass is 566 g/mol. The van der Waals surface area contributed by atoms with Gasteiger partial charge in [0.1, 0.15) is 0 Å². The highest BCUT2D eigenvalue weighted by Gasteiger charge is 2.27. The first-order chi connectivity index (χ1) is 18.8. The fraction of sp³-hybridized carbons (Fsp3) is 0.296. The molecule has 0 radical (unpaired) electrons. The normalized spacial score (nSPS) is 15.8. The third-order valence-corrected chi connectivity index (χ3v) is 8.79. The molecule has 0 aliphatic carbocycles. The van der Waals surface area contributed by atoms with E-state index in [-0.39, 0.29) is 16.7 Å². The number of sulfone groups is 1. The molecule has 0 amide bonds. The Labute approximate surface area is 232 Å². The van der Waals surface area contributed by atoms with Gasteiger partial charge < -0.3 is 19.7 Å². The van der Waals surface area contributed by atoms with Crippen LogP contribution in [-0.4, -0.2) is 61.5 Å². The molecule has 1 saturated heterocycles. The summed E-state index contributed by atoms with van der Waals surface area (Å²) in [6.45, 7) is 5.82. The van der Waals surface area contributed by atoms with Crippen molar-refractivity contribution < 1.29 is 17.9 Å². The number of nitrogens with one attached hydrogen (secondary N) is 2. The fourth-order valence-electron chi connectivity index (χ4n) is 4.27. The number of anilines is 3. The van der Waals surface area contributed by atoms with Crippen molar-refractivity contribution in [3.63, 3.8) is 0 Å². The van der Waals surface area contributed by atoms with E-state index >= 15 is 0 Å². The van der Waals surface area contributed by atoms with E-state index in [9.17, 15) is 8.42 Å². The molecule has 12 heteroatoms. The second-order valence-corrected chi connectivity index (χ2v) is 12.2. The largest absolute Gasteiger partial charge is 0.490 e. The van der Waals surface area contributed by atoms with E-state index < -0.39 is 9.84 Å². The van der Waals surface area contributed by atoms with Gasteiger partial charge >= 0.3 is 0 Å². The molecule has 1 fully saturated rings. The summed E-state index contributed by atoms with van der Waals surface area (Å²) in [7, 11) is -1.88. The van der Waals surface area contributed by atoms with Crippen LogP contribution < -0.4 is 15.0 Å². The molecule has 2 N–H and O–H groups in total. The van der Waals surface area contributed by atoms with Gasteiger partial charge in [-0.05, 0) is 55.4 Å². The lowest BCUT2D eigenvalue weighted by molar-refractivity contribution is 0.0981. The van der Waals surface area contributed by atoms with Crippen LogP contribution in [0.25, 0.3) is 0 Å². The van der Waals surface area contributed by atoms with Crippen molar-refractivity contribution >= 4 is 39.1 Å². The maximum Gasteiger partial charge on any atom is 0.204 e. The van der Waals surface area contributed by atoms with Crippen LogP contribution in [0, 0.1) is 6.92 Å². The number of methoxy groups -OCH3 is 1. The van der Waals surface area contributed by atoms with Crippen molar-refractivity contribution in [3.05, 3.63) is 71.9 Å². The summed E-state index contributed by atoms with van der Waals surface area (Å²) in [5, 5.41) is 10.9. The van der Waals surface area contributed by atoms with Crippen molar-refractivity contribution in [2.45, 2.75) is 40.6 Å². The molecule has 3 heterocycles. The molecule has 5 rings (SSSR count). The van der Waals surface area contributed by atoms with Crippen LogP contribution in [0.15, 0.2) is 75.6 Å². The highest BCUT2D eigenvalue weighted by molar-refractivity contribution is 7.99. The molecule has 1 unspecified atom stereocenters. The molecule has 10 nitrogen and oxygen atoms in total. The summed E-state index contributed by atoms with van der Waals surface area (Å²) in [4.78, 5) is 12.8. The van der Waals surface area contributed by atoms with Gasteiger partial charge in [-0.1, -0.05) is 30.3 Å². The zero-order valence-corrected chi connectivity index (χ0v) is 23.6. The molecule has 204 valence electrons. The minimum Gasteiger partial charge on any atom is -0.490 e. The van der Waals surface area contributed by atoms with E-state index in [1.807, 2.05) is 43.3 Å². The first kappa shape index (κ1) is 27.0. The zero-order valence-electron chi connectivity index (χ0n) is 21.9. The molecule has 2 aromatic carbocycles. The maximum atomic E-state index is 12.9. The van der Waals surface area contributed by atoms with Crippen LogP contribution in [0.4, 0.5) is 17.5 Å². The average molecular weight is 567 g/mol. The van der Waals surface area contributed by atoms with E-state index in [0.717, 1.165) is 16.2 Å². The smallest absolute Gasteiger partial charge is 0.204 e. The number of rotatable bonds is 9. The Hall–Kier alpha value is -3.61. The van der Waals surface area contributed by atoms with Crippen molar-refractivity contribution in [3.8, 4) is 5.75 Å². The van der Waals surface area contributed by atoms with Crippen LogP contribution in [0.5, 0.6) is 5.75 Å². The number of hydrogen-bond donors (Lipinski definition) is 2. The van der Waals surface area contributed by atoms with Crippen molar-refractivity contribution in [1.82, 2.24) is 20.2 Å². The summed E-state index contributed by atoms with van der Waals surface area (Å²) >= 11 is 1.34. The van der Waals surface area contributed by atoms with Crippen molar-refractivity contribution in [1.29, 1.82) is 0 Å². The Kier molecular flexibility index (Phi) is 8.05. The van der Waals surface area contributed by atoms with Gasteiger partial charge in [-0.25, -0.2) is 18.4 Å². The number of aromatic amines is 1. The summed E-state index contributed by atoms with van der Waals surface area (Å²) in [6.07, 6.45) is 0. The highest BCUT2D eigenvalue weighted by atomic mass is 32.2. The van der Waals surface area contributed by atoms with E-state index in [1.54, 1.807) is 31.4 Å². The van der Waals surface area contributed by atoms with Gasteiger partial charge in [0.05, 0.1) is 37.0 Å². The number of H-pyrrole nitrogens is 1. The first-order valence-corrected chi connectivity index (χ1v) is 14.9. The number of nitrogens with zero attached hydrogens (tertiary/aromatic N) is 4. The quantitative estimate of drug-likeness (QED) is 0.278. The van der Waals surface area contributed by atoms with Gasteiger partial charge in [-0.3, -0.25) is 5.10 Å². The summed E-state index contributed by atoms with van der Waals surface area (Å²) in [5.74, 6) is 2.20. The van der Waals surface area contributed by atoms with Crippen molar-refractivity contribution in [2.24, 2.45) is 0 Å². The molecule has 1 aliphatic rings. The Bertz CT molecular complexity index is 1530. The number of hydrogen-bond acceptors (Lipinski definition) is 10. The van der Waals surface area contributed by atoms with Crippen LogP contribution in [0.3, 0.4) is 0 Å². The molecule has 0 saturated carbocycles. The summed E-state index contributed by atoms with van der Waals surface area (Å²) in [6, 6.07) is 17.9. The fourth-order valence-corrected chi connectivity index (χ4v) is 6.37. The molecule has 39 heavy (non-hydrogen) atoms. The molecular weight excluding hydrogens is 536 g/mol. The predicted octanol–water partition coefficient (Wildman–Crippen LogP) is 4.61. The van der Waals surface area contributed by atoms with Gasteiger partial charge in [0.2, 0.25) is 5.75 Å². The Morgan fingerprint density at radius 2 is 1.92 bits per heavy atom. The van der Waals surface area contributed by atoms with Crippen LogP contribution >= 0.6 is 11.8 Å².